The average Bonchev–Trinajstić information content (AvgIpc) is 3.36. The first kappa shape index (κ1) is 23.9. The number of hydrogen-bond donors (Lipinski definition) is 2. The minimum Gasteiger partial charge on any atom is -0.497 e. The molecule has 0 bridgehead atoms. The number of benzene rings is 2. The highest BCUT2D eigenvalue weighted by Crippen LogP contribution is 2.38. The van der Waals surface area contributed by atoms with Gasteiger partial charge >= 0.3 is 0 Å². The Labute approximate surface area is 213 Å². The summed E-state index contributed by atoms with van der Waals surface area (Å²) < 4.78 is 17.9. The van der Waals surface area contributed by atoms with Crippen molar-refractivity contribution in [3.8, 4) is 28.6 Å². The van der Waals surface area contributed by atoms with Crippen molar-refractivity contribution in [2.45, 2.75) is 13.0 Å². The maximum Gasteiger partial charge on any atom is 0.255 e. The second-order valence-electron chi connectivity index (χ2n) is 8.31. The van der Waals surface area contributed by atoms with E-state index in [0.29, 0.717) is 46.0 Å². The number of ether oxygens (including phenoxy) is 3. The number of nitrogens with one attached hydrogen (secondary N) is 2. The zero-order valence-corrected chi connectivity index (χ0v) is 20.9. The van der Waals surface area contributed by atoms with E-state index in [1.807, 2.05) is 43.3 Å². The smallest absolute Gasteiger partial charge is 0.255 e. The summed E-state index contributed by atoms with van der Waals surface area (Å²) in [5.74, 6) is 2.61. The number of methoxy groups -OCH3 is 3. The normalized spacial score (nSPS) is 14.4. The molecule has 188 valence electrons. The molecule has 0 aliphatic carbocycles. The molecule has 10 heteroatoms. The molecule has 0 saturated carbocycles. The van der Waals surface area contributed by atoms with Crippen LogP contribution in [0, 0.1) is 0 Å². The Hall–Kier alpha value is -4.86. The number of carbonyl (C=O) groups is 1. The third kappa shape index (κ3) is 4.56. The van der Waals surface area contributed by atoms with Crippen LogP contribution in [0.15, 0.2) is 78.3 Å². The summed E-state index contributed by atoms with van der Waals surface area (Å²) in [6.07, 6.45) is 3.25. The maximum atomic E-state index is 13.6. The molecule has 5 rings (SSSR count). The van der Waals surface area contributed by atoms with Gasteiger partial charge < -0.3 is 24.8 Å². The fourth-order valence-electron chi connectivity index (χ4n) is 4.27. The van der Waals surface area contributed by atoms with E-state index >= 15 is 0 Å². The first-order valence-corrected chi connectivity index (χ1v) is 11.5. The maximum absolute atomic E-state index is 13.6. The summed E-state index contributed by atoms with van der Waals surface area (Å²) in [7, 11) is 4.78. The van der Waals surface area contributed by atoms with E-state index in [1.165, 1.54) is 0 Å². The van der Waals surface area contributed by atoms with Gasteiger partial charge in [-0.15, -0.1) is 5.10 Å². The van der Waals surface area contributed by atoms with E-state index < -0.39 is 6.04 Å². The lowest BCUT2D eigenvalue weighted by Gasteiger charge is -2.28. The van der Waals surface area contributed by atoms with E-state index in [9.17, 15) is 4.79 Å². The van der Waals surface area contributed by atoms with Crippen molar-refractivity contribution < 1.29 is 19.0 Å². The van der Waals surface area contributed by atoms with E-state index in [4.69, 9.17) is 24.3 Å². The van der Waals surface area contributed by atoms with Crippen LogP contribution in [0.2, 0.25) is 0 Å². The van der Waals surface area contributed by atoms with Crippen molar-refractivity contribution in [1.82, 2.24) is 19.7 Å². The average molecular weight is 499 g/mol. The fourth-order valence-corrected chi connectivity index (χ4v) is 4.27. The Kier molecular flexibility index (Phi) is 6.46. The van der Waals surface area contributed by atoms with Crippen molar-refractivity contribution in [3.05, 3.63) is 83.8 Å². The largest absolute Gasteiger partial charge is 0.497 e. The molecule has 0 saturated heterocycles. The summed E-state index contributed by atoms with van der Waals surface area (Å²) in [4.78, 5) is 22.4. The third-order valence-corrected chi connectivity index (χ3v) is 6.09. The minimum absolute atomic E-state index is 0.271. The monoisotopic (exact) mass is 498 g/mol. The summed E-state index contributed by atoms with van der Waals surface area (Å²) in [5.41, 5.74) is 3.36. The molecule has 0 fully saturated rings. The van der Waals surface area contributed by atoms with Gasteiger partial charge in [0, 0.05) is 17.5 Å². The highest BCUT2D eigenvalue weighted by molar-refractivity contribution is 6.06. The number of aromatic nitrogens is 4. The van der Waals surface area contributed by atoms with E-state index in [1.54, 1.807) is 56.6 Å². The van der Waals surface area contributed by atoms with Gasteiger partial charge in [0.25, 0.3) is 5.91 Å². The number of rotatable bonds is 7. The van der Waals surface area contributed by atoms with Crippen LogP contribution in [0.3, 0.4) is 0 Å². The van der Waals surface area contributed by atoms with Crippen LogP contribution in [0.5, 0.6) is 17.2 Å². The Morgan fingerprint density at radius 3 is 2.46 bits per heavy atom. The SMILES string of the molecule is COc1ccc([C@@H]2C(C(=O)Nc3cccnc3)=C(C)Nc3nc(-c4ccc(OC)c(OC)c4)nn32)cc1. The van der Waals surface area contributed by atoms with Gasteiger partial charge in [0.05, 0.1) is 38.8 Å². The van der Waals surface area contributed by atoms with Crippen LogP contribution in [0.25, 0.3) is 11.4 Å². The molecule has 1 atom stereocenters. The molecule has 2 aromatic carbocycles. The molecule has 1 amide bonds. The second-order valence-corrected chi connectivity index (χ2v) is 8.31. The Morgan fingerprint density at radius 2 is 1.78 bits per heavy atom. The summed E-state index contributed by atoms with van der Waals surface area (Å²) in [6.45, 7) is 1.85. The van der Waals surface area contributed by atoms with Gasteiger partial charge in [-0.2, -0.15) is 4.98 Å². The molecule has 4 aromatic rings. The number of hydrogen-bond acceptors (Lipinski definition) is 8. The summed E-state index contributed by atoms with van der Waals surface area (Å²) in [6, 6.07) is 16.0. The van der Waals surface area contributed by atoms with Crippen molar-refractivity contribution in [3.63, 3.8) is 0 Å². The van der Waals surface area contributed by atoms with Gasteiger partial charge in [-0.05, 0) is 55.0 Å². The molecular formula is C27H26N6O4. The van der Waals surface area contributed by atoms with Gasteiger partial charge in [-0.1, -0.05) is 12.1 Å². The lowest BCUT2D eigenvalue weighted by atomic mass is 9.95. The van der Waals surface area contributed by atoms with Gasteiger partial charge in [0.1, 0.15) is 11.8 Å². The molecule has 37 heavy (non-hydrogen) atoms. The lowest BCUT2D eigenvalue weighted by molar-refractivity contribution is -0.113. The van der Waals surface area contributed by atoms with Gasteiger partial charge in [-0.3, -0.25) is 9.78 Å². The molecular weight excluding hydrogens is 472 g/mol. The van der Waals surface area contributed by atoms with Crippen molar-refractivity contribution >= 4 is 17.5 Å². The van der Waals surface area contributed by atoms with E-state index in [-0.39, 0.29) is 5.91 Å². The molecule has 10 nitrogen and oxygen atoms in total. The van der Waals surface area contributed by atoms with Crippen molar-refractivity contribution in [1.29, 1.82) is 0 Å². The van der Waals surface area contributed by atoms with E-state index in [0.717, 1.165) is 11.1 Å². The minimum atomic E-state index is -0.541. The molecule has 0 spiro atoms. The number of nitrogens with zero attached hydrogens (tertiary/aromatic N) is 4. The lowest BCUT2D eigenvalue weighted by Crippen LogP contribution is -2.31. The Bertz CT molecular complexity index is 1460. The fraction of sp³-hybridized carbons (Fsp3) is 0.185. The zero-order valence-electron chi connectivity index (χ0n) is 20.9. The summed E-state index contributed by atoms with van der Waals surface area (Å²) in [5, 5.41) is 11.0. The highest BCUT2D eigenvalue weighted by atomic mass is 16.5. The number of carbonyl (C=O) groups excluding carboxylic acids is 1. The topological polar surface area (TPSA) is 112 Å². The molecule has 2 aromatic heterocycles. The molecule has 3 heterocycles. The molecule has 1 aliphatic heterocycles. The van der Waals surface area contributed by atoms with Crippen LogP contribution in [0.4, 0.5) is 11.6 Å². The quantitative estimate of drug-likeness (QED) is 0.388. The van der Waals surface area contributed by atoms with Crippen molar-refractivity contribution in [2.24, 2.45) is 0 Å². The van der Waals surface area contributed by atoms with E-state index in [2.05, 4.69) is 15.6 Å². The number of allylic oxidation sites excluding steroid dienone is 1. The third-order valence-electron chi connectivity index (χ3n) is 6.09. The number of fused-ring (bicyclic) bond motifs is 1. The number of pyridine rings is 1. The number of amides is 1. The first-order valence-electron chi connectivity index (χ1n) is 11.5. The molecule has 2 N–H and O–H groups in total. The highest BCUT2D eigenvalue weighted by Gasteiger charge is 2.34. The van der Waals surface area contributed by atoms with Gasteiger partial charge in [-0.25, -0.2) is 4.68 Å². The zero-order chi connectivity index (χ0) is 25.9. The van der Waals surface area contributed by atoms with Crippen LogP contribution in [0.1, 0.15) is 18.5 Å². The van der Waals surface area contributed by atoms with Crippen molar-refractivity contribution in [2.75, 3.05) is 32.0 Å². The molecule has 1 aliphatic rings. The second kappa shape index (κ2) is 10.0. The van der Waals surface area contributed by atoms with Gasteiger partial charge in [0.15, 0.2) is 17.3 Å². The van der Waals surface area contributed by atoms with Gasteiger partial charge in [0.2, 0.25) is 5.95 Å². The van der Waals surface area contributed by atoms with Crippen LogP contribution < -0.4 is 24.8 Å². The molecule has 0 unspecified atom stereocenters. The number of anilines is 2. The standard InChI is InChI=1S/C27H26N6O4/c1-16-23(26(34)30-19-6-5-13-28-15-19)24(17-7-10-20(35-2)11-8-17)33-27(29-16)31-25(32-33)18-9-12-21(36-3)22(14-18)37-4/h5-15,24H,1-4H3,(H,30,34)(H,29,31,32)/t24-/m1/s1. The molecule has 0 radical (unpaired) electrons. The summed E-state index contributed by atoms with van der Waals surface area (Å²) >= 11 is 0. The Morgan fingerprint density at radius 1 is 1.00 bits per heavy atom. The predicted molar refractivity (Wildman–Crippen MR) is 139 cm³/mol. The Balaban J connectivity index is 1.59. The van der Waals surface area contributed by atoms with Crippen LogP contribution in [-0.4, -0.2) is 47.0 Å². The van der Waals surface area contributed by atoms with Crippen LogP contribution in [-0.2, 0) is 4.79 Å². The first-order chi connectivity index (χ1) is 18.0. The van der Waals surface area contributed by atoms with Crippen LogP contribution >= 0.6 is 0 Å². The predicted octanol–water partition coefficient (Wildman–Crippen LogP) is 4.29.